The first-order valence-corrected chi connectivity index (χ1v) is 7.86. The van der Waals surface area contributed by atoms with Crippen LogP contribution in [0.25, 0.3) is 0 Å². The van der Waals surface area contributed by atoms with E-state index in [4.69, 9.17) is 4.74 Å². The maximum Gasteiger partial charge on any atom is 0.322 e. The zero-order valence-corrected chi connectivity index (χ0v) is 12.5. The molecule has 0 aliphatic carbocycles. The molecule has 0 bridgehead atoms. The van der Waals surface area contributed by atoms with Crippen LogP contribution in [0.15, 0.2) is 30.3 Å². The predicted molar refractivity (Wildman–Crippen MR) is 81.3 cm³/mol. The summed E-state index contributed by atoms with van der Waals surface area (Å²) >= 11 is 1.85. The van der Waals surface area contributed by atoms with Gasteiger partial charge in [0.2, 0.25) is 0 Å². The number of esters is 1. The van der Waals surface area contributed by atoms with Gasteiger partial charge in [-0.25, -0.2) is 0 Å². The number of ether oxygens (including phenoxy) is 1. The molecule has 1 aromatic carbocycles. The van der Waals surface area contributed by atoms with E-state index in [1.165, 1.54) is 12.7 Å². The lowest BCUT2D eigenvalue weighted by Gasteiger charge is -2.15. The van der Waals surface area contributed by atoms with Gasteiger partial charge < -0.3 is 10.1 Å². The van der Waals surface area contributed by atoms with Crippen molar-refractivity contribution in [3.8, 4) is 0 Å². The minimum absolute atomic E-state index is 0.159. The molecule has 1 aromatic rings. The van der Waals surface area contributed by atoms with Gasteiger partial charge in [0.05, 0.1) is 7.11 Å². The number of hydrogen-bond donors (Lipinski definition) is 1. The number of methoxy groups -OCH3 is 1. The summed E-state index contributed by atoms with van der Waals surface area (Å²) in [6, 6.07) is 10.2. The number of thioether (sulfide) groups is 1. The Morgan fingerprint density at radius 2 is 2.11 bits per heavy atom. The number of carbonyl (C=O) groups excluding carboxylic acids is 1. The fourth-order valence-corrected chi connectivity index (χ4v) is 2.70. The summed E-state index contributed by atoms with van der Waals surface area (Å²) in [6.07, 6.45) is 1.83. The molecular formula is C15H23NO2S. The lowest BCUT2D eigenvalue weighted by molar-refractivity contribution is -0.143. The monoisotopic (exact) mass is 281 g/mol. The lowest BCUT2D eigenvalue weighted by Crippen LogP contribution is -2.38. The zero-order chi connectivity index (χ0) is 13.9. The van der Waals surface area contributed by atoms with Crippen LogP contribution in [0.3, 0.4) is 0 Å². The smallest absolute Gasteiger partial charge is 0.322 e. The minimum Gasteiger partial charge on any atom is -0.468 e. The first-order valence-electron chi connectivity index (χ1n) is 6.70. The van der Waals surface area contributed by atoms with Crippen LogP contribution in [-0.2, 0) is 15.3 Å². The van der Waals surface area contributed by atoms with Gasteiger partial charge in [0.1, 0.15) is 6.04 Å². The highest BCUT2D eigenvalue weighted by molar-refractivity contribution is 7.98. The number of carbonyl (C=O) groups is 1. The van der Waals surface area contributed by atoms with Crippen molar-refractivity contribution in [1.29, 1.82) is 0 Å². The van der Waals surface area contributed by atoms with Gasteiger partial charge in [0.15, 0.2) is 0 Å². The van der Waals surface area contributed by atoms with Crippen LogP contribution in [-0.4, -0.2) is 31.4 Å². The van der Waals surface area contributed by atoms with E-state index in [1.807, 2.05) is 17.8 Å². The number of benzene rings is 1. The van der Waals surface area contributed by atoms with Crippen LogP contribution in [0, 0.1) is 0 Å². The number of nitrogens with one attached hydrogen (secondary N) is 1. The van der Waals surface area contributed by atoms with Gasteiger partial charge in [0.25, 0.3) is 0 Å². The normalized spacial score (nSPS) is 12.1. The molecule has 1 unspecified atom stereocenters. The van der Waals surface area contributed by atoms with Crippen molar-refractivity contribution >= 4 is 17.7 Å². The SMILES string of the molecule is CCCNC(CCSCc1ccccc1)C(=O)OC. The van der Waals surface area contributed by atoms with Crippen LogP contribution >= 0.6 is 11.8 Å². The molecule has 0 fully saturated rings. The predicted octanol–water partition coefficient (Wildman–Crippen LogP) is 2.85. The van der Waals surface area contributed by atoms with E-state index in [-0.39, 0.29) is 12.0 Å². The van der Waals surface area contributed by atoms with Crippen LogP contribution < -0.4 is 5.32 Å². The molecule has 1 atom stereocenters. The Kier molecular flexibility index (Phi) is 8.34. The average Bonchev–Trinajstić information content (AvgIpc) is 2.47. The van der Waals surface area contributed by atoms with E-state index in [0.717, 1.165) is 30.9 Å². The third-order valence-electron chi connectivity index (χ3n) is 2.79. The standard InChI is InChI=1S/C15H23NO2S/c1-3-10-16-14(15(17)18-2)9-11-19-12-13-7-5-4-6-8-13/h4-8,14,16H,3,9-12H2,1-2H3. The minimum atomic E-state index is -0.173. The van der Waals surface area contributed by atoms with E-state index in [9.17, 15) is 4.79 Å². The van der Waals surface area contributed by atoms with Crippen LogP contribution in [0.2, 0.25) is 0 Å². The van der Waals surface area contributed by atoms with Crippen molar-refractivity contribution in [1.82, 2.24) is 5.32 Å². The highest BCUT2D eigenvalue weighted by Crippen LogP contribution is 2.13. The summed E-state index contributed by atoms with van der Waals surface area (Å²) in [5.74, 6) is 1.78. The van der Waals surface area contributed by atoms with Crippen molar-refractivity contribution in [2.75, 3.05) is 19.4 Å². The summed E-state index contributed by atoms with van der Waals surface area (Å²) in [5.41, 5.74) is 1.32. The van der Waals surface area contributed by atoms with Crippen molar-refractivity contribution < 1.29 is 9.53 Å². The van der Waals surface area contributed by atoms with Gasteiger partial charge in [-0.15, -0.1) is 0 Å². The molecule has 19 heavy (non-hydrogen) atoms. The van der Waals surface area contributed by atoms with Crippen LogP contribution in [0.4, 0.5) is 0 Å². The molecule has 0 aliphatic heterocycles. The van der Waals surface area contributed by atoms with Gasteiger partial charge in [-0.3, -0.25) is 4.79 Å². The van der Waals surface area contributed by atoms with E-state index >= 15 is 0 Å². The van der Waals surface area contributed by atoms with Crippen molar-refractivity contribution in [2.24, 2.45) is 0 Å². The molecule has 1 rings (SSSR count). The van der Waals surface area contributed by atoms with Gasteiger partial charge in [-0.2, -0.15) is 11.8 Å². The summed E-state index contributed by atoms with van der Waals surface area (Å²) in [4.78, 5) is 11.6. The lowest BCUT2D eigenvalue weighted by atomic mass is 10.2. The second-order valence-corrected chi connectivity index (χ2v) is 5.46. The molecule has 0 aromatic heterocycles. The summed E-state index contributed by atoms with van der Waals surface area (Å²) in [5, 5.41) is 3.23. The molecule has 0 heterocycles. The third-order valence-corrected chi connectivity index (χ3v) is 3.85. The maximum atomic E-state index is 11.6. The summed E-state index contributed by atoms with van der Waals surface area (Å²) in [7, 11) is 1.44. The maximum absolute atomic E-state index is 11.6. The Labute approximate surface area is 120 Å². The van der Waals surface area contributed by atoms with E-state index in [2.05, 4.69) is 36.5 Å². The molecule has 0 spiro atoms. The Hall–Kier alpha value is -1.00. The topological polar surface area (TPSA) is 38.3 Å². The van der Waals surface area contributed by atoms with Crippen molar-refractivity contribution in [2.45, 2.75) is 31.6 Å². The average molecular weight is 281 g/mol. The first-order chi connectivity index (χ1) is 9.27. The van der Waals surface area contributed by atoms with E-state index in [1.54, 1.807) is 0 Å². The highest BCUT2D eigenvalue weighted by Gasteiger charge is 2.17. The summed E-state index contributed by atoms with van der Waals surface area (Å²) in [6.45, 7) is 2.94. The van der Waals surface area contributed by atoms with Gasteiger partial charge in [0, 0.05) is 5.75 Å². The molecule has 106 valence electrons. The van der Waals surface area contributed by atoms with Gasteiger partial charge in [-0.1, -0.05) is 37.3 Å². The van der Waals surface area contributed by atoms with E-state index < -0.39 is 0 Å². The molecule has 0 saturated carbocycles. The molecule has 3 nitrogen and oxygen atoms in total. The van der Waals surface area contributed by atoms with Crippen molar-refractivity contribution in [3.63, 3.8) is 0 Å². The Morgan fingerprint density at radius 3 is 2.74 bits per heavy atom. The Morgan fingerprint density at radius 1 is 1.37 bits per heavy atom. The van der Waals surface area contributed by atoms with Gasteiger partial charge >= 0.3 is 5.97 Å². The zero-order valence-electron chi connectivity index (χ0n) is 11.7. The molecule has 0 amide bonds. The second-order valence-electron chi connectivity index (χ2n) is 4.36. The van der Waals surface area contributed by atoms with Crippen LogP contribution in [0.5, 0.6) is 0 Å². The van der Waals surface area contributed by atoms with Crippen molar-refractivity contribution in [3.05, 3.63) is 35.9 Å². The summed E-state index contributed by atoms with van der Waals surface area (Å²) < 4.78 is 4.81. The fraction of sp³-hybridized carbons (Fsp3) is 0.533. The van der Waals surface area contributed by atoms with Gasteiger partial charge in [-0.05, 0) is 30.7 Å². The highest BCUT2D eigenvalue weighted by atomic mass is 32.2. The molecule has 0 saturated heterocycles. The largest absolute Gasteiger partial charge is 0.468 e. The quantitative estimate of drug-likeness (QED) is 0.558. The fourth-order valence-electron chi connectivity index (χ4n) is 1.73. The molecule has 1 N–H and O–H groups in total. The Bertz CT molecular complexity index is 356. The second kappa shape index (κ2) is 9.87. The number of hydrogen-bond acceptors (Lipinski definition) is 4. The molecule has 4 heteroatoms. The molecular weight excluding hydrogens is 258 g/mol. The Balaban J connectivity index is 2.25. The first kappa shape index (κ1) is 16.1. The number of rotatable bonds is 9. The molecule has 0 aliphatic rings. The third kappa shape index (κ3) is 6.64. The van der Waals surface area contributed by atoms with Crippen LogP contribution in [0.1, 0.15) is 25.3 Å². The van der Waals surface area contributed by atoms with E-state index in [0.29, 0.717) is 0 Å². The molecule has 0 radical (unpaired) electrons.